The van der Waals surface area contributed by atoms with Crippen LogP contribution in [0, 0.1) is 0 Å². The first-order chi connectivity index (χ1) is 13.3. The Labute approximate surface area is 183 Å². The summed E-state index contributed by atoms with van der Waals surface area (Å²) in [4.78, 5) is 8.32. The predicted molar refractivity (Wildman–Crippen MR) is 127 cm³/mol. The number of aliphatic imine (C=N–C) groups is 1. The van der Waals surface area contributed by atoms with Crippen LogP contribution in [0.1, 0.15) is 11.1 Å². The molecule has 0 unspecified atom stereocenters. The van der Waals surface area contributed by atoms with Gasteiger partial charge in [-0.25, -0.2) is 4.98 Å². The number of halogens is 1. The van der Waals surface area contributed by atoms with E-state index in [9.17, 15) is 0 Å². The quantitative estimate of drug-likeness (QED) is 0.229. The Kier molecular flexibility index (Phi) is 8.74. The molecule has 0 radical (unpaired) electrons. The number of hydrogen-bond donors (Lipinski definition) is 2. The van der Waals surface area contributed by atoms with Crippen LogP contribution < -0.4 is 10.6 Å². The van der Waals surface area contributed by atoms with E-state index in [4.69, 9.17) is 0 Å². The zero-order valence-electron chi connectivity index (χ0n) is 16.0. The molecule has 28 heavy (non-hydrogen) atoms. The fourth-order valence-electron chi connectivity index (χ4n) is 2.91. The van der Waals surface area contributed by atoms with Gasteiger partial charge in [-0.2, -0.15) is 0 Å². The molecule has 146 valence electrons. The Morgan fingerprint density at radius 1 is 1.14 bits per heavy atom. The first-order valence-corrected chi connectivity index (χ1v) is 8.98. The van der Waals surface area contributed by atoms with Gasteiger partial charge in [-0.05, 0) is 22.3 Å². The van der Waals surface area contributed by atoms with Crippen LogP contribution >= 0.6 is 24.0 Å². The first-order valence-electron chi connectivity index (χ1n) is 8.98. The molecule has 3 rings (SSSR count). The molecule has 0 spiro atoms. The van der Waals surface area contributed by atoms with E-state index in [1.807, 2.05) is 18.6 Å². The number of nitrogens with zero attached hydrogens (tertiary/aromatic N) is 3. The number of imidazole rings is 1. The van der Waals surface area contributed by atoms with Crippen LogP contribution in [0.3, 0.4) is 0 Å². The highest BCUT2D eigenvalue weighted by atomic mass is 127. The van der Waals surface area contributed by atoms with E-state index in [-0.39, 0.29) is 24.0 Å². The molecule has 0 bridgehead atoms. The Hall–Kier alpha value is -2.61. The fourth-order valence-corrected chi connectivity index (χ4v) is 2.91. The number of rotatable bonds is 7. The monoisotopic (exact) mass is 487 g/mol. The van der Waals surface area contributed by atoms with E-state index >= 15 is 0 Å². The maximum absolute atomic E-state index is 4.23. The van der Waals surface area contributed by atoms with Crippen LogP contribution in [0.15, 0.2) is 84.9 Å². The summed E-state index contributed by atoms with van der Waals surface area (Å²) in [5, 5.41) is 6.54. The molecule has 0 aliphatic heterocycles. The first kappa shape index (κ1) is 21.7. The minimum absolute atomic E-state index is 0. The molecule has 2 aromatic carbocycles. The third kappa shape index (κ3) is 5.95. The molecule has 0 amide bonds. The highest BCUT2D eigenvalue weighted by Gasteiger charge is 2.06. The van der Waals surface area contributed by atoms with Crippen molar-refractivity contribution in [1.82, 2.24) is 20.2 Å². The van der Waals surface area contributed by atoms with Crippen LogP contribution in [-0.2, 0) is 13.1 Å². The van der Waals surface area contributed by atoms with Gasteiger partial charge in [-0.15, -0.1) is 30.6 Å². The Balaban J connectivity index is 0.00000280. The fraction of sp³-hybridized carbons (Fsp3) is 0.182. The molecule has 1 aromatic heterocycles. The van der Waals surface area contributed by atoms with Crippen molar-refractivity contribution in [3.8, 4) is 11.1 Å². The minimum atomic E-state index is 0. The van der Waals surface area contributed by atoms with Gasteiger partial charge in [0, 0.05) is 39.1 Å². The van der Waals surface area contributed by atoms with Crippen LogP contribution in [0.2, 0.25) is 0 Å². The number of hydrogen-bond acceptors (Lipinski definition) is 2. The summed E-state index contributed by atoms with van der Waals surface area (Å²) >= 11 is 0. The van der Waals surface area contributed by atoms with Gasteiger partial charge in [0.25, 0.3) is 0 Å². The Bertz CT molecular complexity index is 886. The third-order valence-corrected chi connectivity index (χ3v) is 4.29. The molecule has 3 aromatic rings. The van der Waals surface area contributed by atoms with Crippen LogP contribution in [-0.4, -0.2) is 29.1 Å². The third-order valence-electron chi connectivity index (χ3n) is 4.29. The van der Waals surface area contributed by atoms with Crippen molar-refractivity contribution in [2.75, 3.05) is 13.6 Å². The lowest BCUT2D eigenvalue weighted by molar-refractivity contribution is 0.797. The molecule has 0 fully saturated rings. The maximum atomic E-state index is 4.23. The summed E-state index contributed by atoms with van der Waals surface area (Å²) in [5.74, 6) is 0.764. The summed E-state index contributed by atoms with van der Waals surface area (Å²) in [6.07, 6.45) is 7.42. The Morgan fingerprint density at radius 3 is 2.61 bits per heavy atom. The summed E-state index contributed by atoms with van der Waals surface area (Å²) in [6.45, 7) is 5.93. The number of nitrogens with one attached hydrogen (secondary N) is 2. The molecule has 5 nitrogen and oxygen atoms in total. The van der Waals surface area contributed by atoms with Crippen molar-refractivity contribution < 1.29 is 0 Å². The second-order valence-electron chi connectivity index (χ2n) is 6.18. The highest BCUT2D eigenvalue weighted by molar-refractivity contribution is 14.0. The van der Waals surface area contributed by atoms with Gasteiger partial charge in [0.2, 0.25) is 0 Å². The van der Waals surface area contributed by atoms with Crippen molar-refractivity contribution in [1.29, 1.82) is 0 Å². The van der Waals surface area contributed by atoms with Gasteiger partial charge in [0.15, 0.2) is 5.96 Å². The maximum Gasteiger partial charge on any atom is 0.191 e. The molecule has 6 heteroatoms. The number of aromatic nitrogens is 2. The van der Waals surface area contributed by atoms with Gasteiger partial charge in [0.05, 0.1) is 6.33 Å². The van der Waals surface area contributed by atoms with Gasteiger partial charge >= 0.3 is 0 Å². The van der Waals surface area contributed by atoms with E-state index in [2.05, 4.69) is 80.3 Å². The van der Waals surface area contributed by atoms with E-state index < -0.39 is 0 Å². The zero-order chi connectivity index (χ0) is 18.9. The summed E-state index contributed by atoms with van der Waals surface area (Å²) in [5.41, 5.74) is 4.90. The minimum Gasteiger partial charge on any atom is -0.353 e. The Morgan fingerprint density at radius 2 is 1.93 bits per heavy atom. The summed E-state index contributed by atoms with van der Waals surface area (Å²) in [6, 6.07) is 17.1. The number of guanidine groups is 1. The molecular formula is C22H26IN5. The van der Waals surface area contributed by atoms with Gasteiger partial charge < -0.3 is 15.2 Å². The zero-order valence-corrected chi connectivity index (χ0v) is 18.3. The lowest BCUT2D eigenvalue weighted by Gasteiger charge is -2.14. The van der Waals surface area contributed by atoms with Crippen LogP contribution in [0.5, 0.6) is 0 Å². The molecule has 0 saturated heterocycles. The molecule has 0 aliphatic rings. The highest BCUT2D eigenvalue weighted by Crippen LogP contribution is 2.24. The molecule has 0 saturated carbocycles. The van der Waals surface area contributed by atoms with E-state index in [1.54, 1.807) is 13.2 Å². The van der Waals surface area contributed by atoms with Crippen molar-refractivity contribution in [3.05, 3.63) is 91.0 Å². The average Bonchev–Trinajstić information content (AvgIpc) is 3.22. The van der Waals surface area contributed by atoms with Crippen molar-refractivity contribution >= 4 is 29.9 Å². The van der Waals surface area contributed by atoms with E-state index in [0.717, 1.165) is 12.5 Å². The van der Waals surface area contributed by atoms with Crippen molar-refractivity contribution in [3.63, 3.8) is 0 Å². The van der Waals surface area contributed by atoms with Crippen LogP contribution in [0.25, 0.3) is 11.1 Å². The SMILES string of the molecule is C=CCNC(=NC)NCc1ccccc1-c1ccc(Cn2ccnc2)cc1.I. The predicted octanol–water partition coefficient (Wildman–Crippen LogP) is 4.07. The smallest absolute Gasteiger partial charge is 0.191 e. The molecule has 0 atom stereocenters. The molecule has 0 aliphatic carbocycles. The topological polar surface area (TPSA) is 54.2 Å². The van der Waals surface area contributed by atoms with Gasteiger partial charge in [-0.1, -0.05) is 54.6 Å². The second kappa shape index (κ2) is 11.3. The summed E-state index contributed by atoms with van der Waals surface area (Å²) < 4.78 is 2.06. The normalized spacial score (nSPS) is 10.8. The molecule has 2 N–H and O–H groups in total. The van der Waals surface area contributed by atoms with Crippen LogP contribution in [0.4, 0.5) is 0 Å². The standard InChI is InChI=1S/C22H25N5.HI/c1-3-12-25-22(23-2)26-15-20-6-4-5-7-21(20)19-10-8-18(9-11-19)16-27-14-13-24-17-27;/h3-11,13-14,17H,1,12,15-16H2,2H3,(H2,23,25,26);1H. The molecular weight excluding hydrogens is 461 g/mol. The average molecular weight is 487 g/mol. The second-order valence-corrected chi connectivity index (χ2v) is 6.18. The lowest BCUT2D eigenvalue weighted by atomic mass is 9.98. The largest absolute Gasteiger partial charge is 0.353 e. The molecule has 1 heterocycles. The lowest BCUT2D eigenvalue weighted by Crippen LogP contribution is -2.36. The van der Waals surface area contributed by atoms with Gasteiger partial charge in [-0.3, -0.25) is 4.99 Å². The van der Waals surface area contributed by atoms with E-state index in [0.29, 0.717) is 13.1 Å². The number of benzene rings is 2. The summed E-state index contributed by atoms with van der Waals surface area (Å²) in [7, 11) is 1.77. The van der Waals surface area contributed by atoms with Crippen molar-refractivity contribution in [2.24, 2.45) is 4.99 Å². The van der Waals surface area contributed by atoms with Gasteiger partial charge in [0.1, 0.15) is 0 Å². The van der Waals surface area contributed by atoms with Crippen molar-refractivity contribution in [2.45, 2.75) is 13.1 Å². The van der Waals surface area contributed by atoms with E-state index in [1.165, 1.54) is 22.3 Å².